The number of hydrogen-bond donors (Lipinski definition) is 0. The Morgan fingerprint density at radius 1 is 1.17 bits per heavy atom. The topological polar surface area (TPSA) is 35.5 Å². The molecule has 1 fully saturated rings. The van der Waals surface area contributed by atoms with Crippen molar-refractivity contribution in [3.8, 4) is 5.75 Å². The van der Waals surface area contributed by atoms with Crippen molar-refractivity contribution in [2.24, 2.45) is 17.8 Å². The highest BCUT2D eigenvalue weighted by atomic mass is 19.1. The third-order valence-corrected chi connectivity index (χ3v) is 4.69. The number of benzene rings is 1. The predicted molar refractivity (Wildman–Crippen MR) is 87.7 cm³/mol. The summed E-state index contributed by atoms with van der Waals surface area (Å²) in [6, 6.07) is 5.65. The van der Waals surface area contributed by atoms with Crippen LogP contribution in [-0.2, 0) is 9.53 Å². The van der Waals surface area contributed by atoms with Gasteiger partial charge in [0.2, 0.25) is 0 Å². The van der Waals surface area contributed by atoms with Crippen LogP contribution in [0, 0.1) is 23.6 Å². The van der Waals surface area contributed by atoms with Crippen LogP contribution in [0.25, 0.3) is 0 Å². The first-order chi connectivity index (χ1) is 10.9. The summed E-state index contributed by atoms with van der Waals surface area (Å²) in [5.74, 6) is 1.27. The molecule has 0 heterocycles. The van der Waals surface area contributed by atoms with Crippen molar-refractivity contribution in [1.29, 1.82) is 0 Å². The number of hydrogen-bond acceptors (Lipinski definition) is 3. The van der Waals surface area contributed by atoms with Gasteiger partial charge >= 0.3 is 5.97 Å². The third kappa shape index (κ3) is 4.95. The van der Waals surface area contributed by atoms with E-state index in [4.69, 9.17) is 9.47 Å². The number of carbonyl (C=O) groups excluding carboxylic acids is 1. The van der Waals surface area contributed by atoms with Crippen molar-refractivity contribution in [3.05, 3.63) is 30.1 Å². The number of rotatable bonds is 5. The number of esters is 1. The van der Waals surface area contributed by atoms with Gasteiger partial charge in [-0.3, -0.25) is 0 Å². The Morgan fingerprint density at radius 3 is 2.43 bits per heavy atom. The molecule has 1 aromatic rings. The van der Waals surface area contributed by atoms with Gasteiger partial charge in [0.05, 0.1) is 0 Å². The standard InChI is InChI=1S/C19H27FO3/c1-12(2)17-10-5-13(3)11-18(17)23-19(21)14(4)22-16-8-6-15(20)7-9-16/h6-9,12-14,17-18H,5,10-11H2,1-4H3/t13-,14+,17+,18-/m1/s1. The van der Waals surface area contributed by atoms with Gasteiger partial charge in [-0.2, -0.15) is 0 Å². The monoisotopic (exact) mass is 322 g/mol. The van der Waals surface area contributed by atoms with Crippen LogP contribution in [-0.4, -0.2) is 18.2 Å². The molecule has 0 spiro atoms. The second kappa shape index (κ2) is 7.80. The lowest BCUT2D eigenvalue weighted by molar-refractivity contribution is -0.163. The zero-order chi connectivity index (χ0) is 17.0. The van der Waals surface area contributed by atoms with Gasteiger partial charge in [-0.15, -0.1) is 0 Å². The quantitative estimate of drug-likeness (QED) is 0.743. The largest absolute Gasteiger partial charge is 0.479 e. The highest BCUT2D eigenvalue weighted by molar-refractivity contribution is 5.74. The van der Waals surface area contributed by atoms with Crippen LogP contribution in [0.1, 0.15) is 47.0 Å². The van der Waals surface area contributed by atoms with Crippen molar-refractivity contribution in [2.45, 2.75) is 59.2 Å². The number of halogens is 1. The molecule has 0 unspecified atom stereocenters. The van der Waals surface area contributed by atoms with E-state index in [2.05, 4.69) is 20.8 Å². The molecule has 0 radical (unpaired) electrons. The van der Waals surface area contributed by atoms with Gasteiger partial charge in [0, 0.05) is 0 Å². The Bertz CT molecular complexity index is 512. The zero-order valence-electron chi connectivity index (χ0n) is 14.4. The van der Waals surface area contributed by atoms with Crippen LogP contribution in [0.15, 0.2) is 24.3 Å². The summed E-state index contributed by atoms with van der Waals surface area (Å²) in [4.78, 5) is 12.3. The molecule has 4 heteroatoms. The molecule has 1 aliphatic rings. The zero-order valence-corrected chi connectivity index (χ0v) is 14.4. The van der Waals surface area contributed by atoms with Gasteiger partial charge in [-0.25, -0.2) is 9.18 Å². The highest BCUT2D eigenvalue weighted by Crippen LogP contribution is 2.35. The third-order valence-electron chi connectivity index (χ3n) is 4.69. The van der Waals surface area contributed by atoms with E-state index >= 15 is 0 Å². The molecule has 0 saturated heterocycles. The Hall–Kier alpha value is -1.58. The van der Waals surface area contributed by atoms with Gasteiger partial charge in [-0.1, -0.05) is 27.2 Å². The van der Waals surface area contributed by atoms with Crippen molar-refractivity contribution >= 4 is 5.97 Å². The molecule has 0 aliphatic heterocycles. The first kappa shape index (κ1) is 17.8. The predicted octanol–water partition coefficient (Wildman–Crippen LogP) is 4.60. The first-order valence-electron chi connectivity index (χ1n) is 8.49. The number of carbonyl (C=O) groups is 1. The molecule has 2 rings (SSSR count). The summed E-state index contributed by atoms with van der Waals surface area (Å²) in [6.45, 7) is 8.23. The van der Waals surface area contributed by atoms with Gasteiger partial charge in [0.15, 0.2) is 6.10 Å². The summed E-state index contributed by atoms with van der Waals surface area (Å²) >= 11 is 0. The molecule has 1 saturated carbocycles. The van der Waals surface area contributed by atoms with E-state index in [0.717, 1.165) is 12.8 Å². The molecule has 1 aromatic carbocycles. The molecule has 0 bridgehead atoms. The average molecular weight is 322 g/mol. The van der Waals surface area contributed by atoms with Crippen molar-refractivity contribution < 1.29 is 18.7 Å². The lowest BCUT2D eigenvalue weighted by atomic mass is 9.75. The maximum Gasteiger partial charge on any atom is 0.347 e. The Labute approximate surface area is 138 Å². The van der Waals surface area contributed by atoms with E-state index < -0.39 is 6.10 Å². The molecule has 0 N–H and O–H groups in total. The molecule has 128 valence electrons. The molecule has 4 atom stereocenters. The van der Waals surface area contributed by atoms with E-state index in [9.17, 15) is 9.18 Å². The Balaban J connectivity index is 1.94. The molecule has 1 aliphatic carbocycles. The number of ether oxygens (including phenoxy) is 2. The fraction of sp³-hybridized carbons (Fsp3) is 0.632. The maximum atomic E-state index is 12.9. The minimum atomic E-state index is -0.703. The van der Waals surface area contributed by atoms with E-state index in [0.29, 0.717) is 23.5 Å². The van der Waals surface area contributed by atoms with E-state index in [1.807, 2.05) is 0 Å². The smallest absolute Gasteiger partial charge is 0.347 e. The molecular formula is C19H27FO3. The highest BCUT2D eigenvalue weighted by Gasteiger charge is 2.34. The second-order valence-corrected chi connectivity index (χ2v) is 7.02. The molecule has 0 amide bonds. The second-order valence-electron chi connectivity index (χ2n) is 7.02. The summed E-state index contributed by atoms with van der Waals surface area (Å²) < 4.78 is 24.2. The van der Waals surface area contributed by atoms with Crippen LogP contribution in [0.5, 0.6) is 5.75 Å². The van der Waals surface area contributed by atoms with Crippen LogP contribution in [0.4, 0.5) is 4.39 Å². The van der Waals surface area contributed by atoms with Crippen LogP contribution in [0.2, 0.25) is 0 Å². The van der Waals surface area contributed by atoms with Crippen molar-refractivity contribution in [3.63, 3.8) is 0 Å². The fourth-order valence-electron chi connectivity index (χ4n) is 3.26. The summed E-state index contributed by atoms with van der Waals surface area (Å²) in [5, 5.41) is 0. The minimum Gasteiger partial charge on any atom is -0.479 e. The van der Waals surface area contributed by atoms with Crippen LogP contribution >= 0.6 is 0 Å². The van der Waals surface area contributed by atoms with E-state index in [1.54, 1.807) is 6.92 Å². The van der Waals surface area contributed by atoms with Gasteiger partial charge in [0.1, 0.15) is 17.7 Å². The van der Waals surface area contributed by atoms with Gasteiger partial charge < -0.3 is 9.47 Å². The summed E-state index contributed by atoms with van der Waals surface area (Å²) in [5.41, 5.74) is 0. The molecule has 0 aromatic heterocycles. The van der Waals surface area contributed by atoms with Gasteiger partial charge in [0.25, 0.3) is 0 Å². The average Bonchev–Trinajstić information content (AvgIpc) is 2.49. The Kier molecular flexibility index (Phi) is 6.03. The van der Waals surface area contributed by atoms with E-state index in [-0.39, 0.29) is 17.9 Å². The minimum absolute atomic E-state index is 0.0366. The first-order valence-corrected chi connectivity index (χ1v) is 8.49. The molecular weight excluding hydrogens is 295 g/mol. The lowest BCUT2D eigenvalue weighted by Crippen LogP contribution is -2.39. The van der Waals surface area contributed by atoms with Crippen LogP contribution < -0.4 is 4.74 Å². The van der Waals surface area contributed by atoms with Crippen LogP contribution in [0.3, 0.4) is 0 Å². The molecule has 3 nitrogen and oxygen atoms in total. The fourth-order valence-corrected chi connectivity index (χ4v) is 3.26. The normalized spacial score (nSPS) is 25.9. The summed E-state index contributed by atoms with van der Waals surface area (Å²) in [7, 11) is 0. The molecule has 23 heavy (non-hydrogen) atoms. The van der Waals surface area contributed by atoms with E-state index in [1.165, 1.54) is 30.7 Å². The van der Waals surface area contributed by atoms with Gasteiger partial charge in [-0.05, 0) is 61.8 Å². The summed E-state index contributed by atoms with van der Waals surface area (Å²) in [6.07, 6.45) is 2.47. The van der Waals surface area contributed by atoms with Crippen molar-refractivity contribution in [2.75, 3.05) is 0 Å². The Morgan fingerprint density at radius 2 is 1.83 bits per heavy atom. The SMILES string of the molecule is CC(C)[C@@H]1CC[C@@H](C)C[C@H]1OC(=O)[C@H](C)Oc1ccc(F)cc1. The van der Waals surface area contributed by atoms with Crippen molar-refractivity contribution in [1.82, 2.24) is 0 Å². The maximum absolute atomic E-state index is 12.9. The lowest BCUT2D eigenvalue weighted by Gasteiger charge is -2.37.